The average molecular weight is 324 g/mol. The van der Waals surface area contributed by atoms with Gasteiger partial charge in [0.2, 0.25) is 0 Å². The molecule has 3 heteroatoms. The summed E-state index contributed by atoms with van der Waals surface area (Å²) in [6.07, 6.45) is 0. The molecule has 0 aliphatic rings. The van der Waals surface area contributed by atoms with Gasteiger partial charge in [-0.1, -0.05) is 54.9 Å². The molecule has 0 aliphatic carbocycles. The third-order valence-electron chi connectivity index (χ3n) is 3.62. The smallest absolute Gasteiger partial charge is 0.193 e. The van der Waals surface area contributed by atoms with Crippen LogP contribution in [0.5, 0.6) is 0 Å². The fourth-order valence-corrected chi connectivity index (χ4v) is 2.58. The maximum atomic E-state index is 4.78. The van der Waals surface area contributed by atoms with Crippen molar-refractivity contribution < 1.29 is 0 Å². The summed E-state index contributed by atoms with van der Waals surface area (Å²) in [6, 6.07) is 8.20. The Morgan fingerprint density at radius 1 is 1.22 bits per heavy atom. The van der Waals surface area contributed by atoms with Gasteiger partial charge in [0.05, 0.1) is 0 Å². The second kappa shape index (κ2) is 5.56. The summed E-state index contributed by atoms with van der Waals surface area (Å²) in [5, 5.41) is 0.258. The first-order valence-electron chi connectivity index (χ1n) is 6.21. The molecule has 0 fully saturated rings. The highest BCUT2D eigenvalue weighted by Crippen LogP contribution is 2.36. The van der Waals surface area contributed by atoms with Crippen molar-refractivity contribution in [2.45, 2.75) is 45.8 Å². The highest BCUT2D eigenvalue weighted by Gasteiger charge is 2.35. The highest BCUT2D eigenvalue weighted by atomic mass is 79.9. The van der Waals surface area contributed by atoms with Gasteiger partial charge in [-0.3, -0.25) is 4.66 Å². The van der Waals surface area contributed by atoms with E-state index in [2.05, 4.69) is 68.7 Å². The number of hydrogen-bond acceptors (Lipinski definition) is 1. The molecule has 0 aromatic heterocycles. The van der Waals surface area contributed by atoms with Crippen LogP contribution in [-0.2, 0) is 0 Å². The van der Waals surface area contributed by atoms with E-state index < -0.39 is 8.24 Å². The van der Waals surface area contributed by atoms with Crippen molar-refractivity contribution in [3.05, 3.63) is 34.3 Å². The molecular weight excluding hydrogens is 302 g/mol. The molecule has 0 spiro atoms. The Hall–Kier alpha value is -0.633. The Bertz CT molecular complexity index is 491. The Morgan fingerprint density at radius 3 is 2.28 bits per heavy atom. The van der Waals surface area contributed by atoms with Crippen LogP contribution < -0.4 is 0 Å². The molecular formula is C15H22BrNSi. The maximum absolute atomic E-state index is 4.78. The molecule has 1 aromatic carbocycles. The van der Waals surface area contributed by atoms with Crippen LogP contribution in [0.25, 0.3) is 5.57 Å². The summed E-state index contributed by atoms with van der Waals surface area (Å²) >= 11 is 3.57. The quantitative estimate of drug-likeness (QED) is 0.501. The van der Waals surface area contributed by atoms with Crippen LogP contribution >= 0.6 is 15.9 Å². The van der Waals surface area contributed by atoms with Gasteiger partial charge in [-0.05, 0) is 37.0 Å². The lowest BCUT2D eigenvalue weighted by Crippen LogP contribution is -2.34. The van der Waals surface area contributed by atoms with E-state index in [4.69, 9.17) is 4.66 Å². The first-order valence-corrected chi connectivity index (χ1v) is 9.95. The maximum Gasteiger partial charge on any atom is 0.193 e. The van der Waals surface area contributed by atoms with Crippen LogP contribution in [0.3, 0.4) is 0 Å². The molecule has 1 rings (SSSR count). The van der Waals surface area contributed by atoms with Gasteiger partial charge in [-0.15, -0.1) is 0 Å². The fraction of sp³-hybridized carbons (Fsp3) is 0.467. The van der Waals surface area contributed by atoms with E-state index in [-0.39, 0.29) is 5.04 Å². The van der Waals surface area contributed by atoms with Crippen LogP contribution in [0.4, 0.5) is 0 Å². The first kappa shape index (κ1) is 15.4. The summed E-state index contributed by atoms with van der Waals surface area (Å²) in [4.78, 5) is 0. The Kier molecular flexibility index (Phi) is 4.76. The van der Waals surface area contributed by atoms with Gasteiger partial charge in [0.15, 0.2) is 8.24 Å². The number of halogens is 1. The first-order chi connectivity index (χ1) is 8.15. The van der Waals surface area contributed by atoms with Crippen LogP contribution in [0.2, 0.25) is 18.1 Å². The number of benzene rings is 1. The summed E-state index contributed by atoms with van der Waals surface area (Å²) < 4.78 is 5.87. The molecule has 0 bridgehead atoms. The fourth-order valence-electron chi connectivity index (χ4n) is 1.22. The number of hydrogen-bond donors (Lipinski definition) is 0. The third-order valence-corrected chi connectivity index (χ3v) is 8.65. The lowest BCUT2D eigenvalue weighted by atomic mass is 10.1. The zero-order valence-electron chi connectivity index (χ0n) is 12.1. The van der Waals surface area contributed by atoms with Crippen LogP contribution in [0.15, 0.2) is 33.4 Å². The Labute approximate surface area is 120 Å². The second-order valence-corrected chi connectivity index (χ2v) is 11.8. The highest BCUT2D eigenvalue weighted by molar-refractivity contribution is 9.10. The van der Waals surface area contributed by atoms with Gasteiger partial charge in [0.25, 0.3) is 0 Å². The topological polar surface area (TPSA) is 12.4 Å². The minimum atomic E-state index is -1.64. The molecule has 0 saturated heterocycles. The summed E-state index contributed by atoms with van der Waals surface area (Å²) in [6.45, 7) is 13.4. The Balaban J connectivity index is 3.15. The van der Waals surface area contributed by atoms with Gasteiger partial charge >= 0.3 is 0 Å². The average Bonchev–Trinajstić information content (AvgIpc) is 2.25. The van der Waals surface area contributed by atoms with Crippen LogP contribution in [0.1, 0.15) is 33.3 Å². The molecule has 1 nitrogen and oxygen atoms in total. The molecule has 1 aromatic rings. The molecule has 0 aliphatic heterocycles. The lowest BCUT2D eigenvalue weighted by Gasteiger charge is -2.31. The van der Waals surface area contributed by atoms with E-state index in [1.165, 1.54) is 5.56 Å². The minimum absolute atomic E-state index is 0.258. The number of rotatable bonds is 2. The molecule has 0 heterocycles. The molecule has 0 saturated carbocycles. The van der Waals surface area contributed by atoms with Gasteiger partial charge in [0, 0.05) is 15.6 Å². The molecule has 0 radical (unpaired) electrons. The molecule has 0 N–H and O–H groups in total. The Morgan fingerprint density at radius 2 is 1.78 bits per heavy atom. The summed E-state index contributed by atoms with van der Waals surface area (Å²) in [5.74, 6) is 3.26. The van der Waals surface area contributed by atoms with Crippen molar-refractivity contribution in [2.75, 3.05) is 0 Å². The number of nitrogens with zero attached hydrogens (tertiary/aromatic N) is 1. The third kappa shape index (κ3) is 3.68. The predicted molar refractivity (Wildman–Crippen MR) is 87.9 cm³/mol. The van der Waals surface area contributed by atoms with Crippen molar-refractivity contribution in [2.24, 2.45) is 4.66 Å². The van der Waals surface area contributed by atoms with E-state index in [0.29, 0.717) is 0 Å². The van der Waals surface area contributed by atoms with E-state index in [1.54, 1.807) is 0 Å². The van der Waals surface area contributed by atoms with E-state index in [0.717, 1.165) is 10.0 Å². The molecule has 0 unspecified atom stereocenters. The van der Waals surface area contributed by atoms with Crippen molar-refractivity contribution in [1.29, 1.82) is 0 Å². The standard InChI is InChI=1S/C15H22BrNSi/c1-12(13-9-7-8-10-14(13)16)11-17-18(5,6)15(2,3)4/h7-10H,1-6H3. The normalized spacial score (nSPS) is 11.9. The van der Waals surface area contributed by atoms with Gasteiger partial charge in [0.1, 0.15) is 0 Å². The number of allylic oxidation sites excluding steroid dienone is 1. The molecule has 0 amide bonds. The minimum Gasteiger partial charge on any atom is -0.283 e. The molecule has 0 atom stereocenters. The van der Waals surface area contributed by atoms with E-state index >= 15 is 0 Å². The van der Waals surface area contributed by atoms with E-state index in [1.807, 2.05) is 18.2 Å². The van der Waals surface area contributed by atoms with Crippen molar-refractivity contribution in [1.82, 2.24) is 0 Å². The van der Waals surface area contributed by atoms with Crippen molar-refractivity contribution in [3.63, 3.8) is 0 Å². The van der Waals surface area contributed by atoms with Gasteiger partial charge < -0.3 is 0 Å². The zero-order valence-corrected chi connectivity index (χ0v) is 14.7. The van der Waals surface area contributed by atoms with Gasteiger partial charge in [-0.25, -0.2) is 0 Å². The molecule has 18 heavy (non-hydrogen) atoms. The predicted octanol–water partition coefficient (Wildman–Crippen LogP) is 5.53. The van der Waals surface area contributed by atoms with Crippen LogP contribution in [-0.4, -0.2) is 14.1 Å². The summed E-state index contributed by atoms with van der Waals surface area (Å²) in [7, 11) is -1.64. The van der Waals surface area contributed by atoms with Crippen molar-refractivity contribution in [3.8, 4) is 0 Å². The lowest BCUT2D eigenvalue weighted by molar-refractivity contribution is 0.719. The summed E-state index contributed by atoms with van der Waals surface area (Å²) in [5.41, 5.74) is 2.26. The van der Waals surface area contributed by atoms with Gasteiger partial charge in [-0.2, -0.15) is 0 Å². The van der Waals surface area contributed by atoms with E-state index in [9.17, 15) is 0 Å². The van der Waals surface area contributed by atoms with Crippen LogP contribution in [0, 0.1) is 0 Å². The zero-order chi connectivity index (χ0) is 14.0. The SMILES string of the molecule is CC(=C=N[Si](C)(C)C(C)(C)C)c1ccccc1Br. The second-order valence-electron chi connectivity index (χ2n) is 6.14. The largest absolute Gasteiger partial charge is 0.283 e. The molecule has 98 valence electrons. The van der Waals surface area contributed by atoms with Crippen molar-refractivity contribution >= 4 is 35.6 Å². The monoisotopic (exact) mass is 323 g/mol.